The van der Waals surface area contributed by atoms with E-state index < -0.39 is 0 Å². The Hall–Kier alpha value is -2.96. The van der Waals surface area contributed by atoms with Crippen molar-refractivity contribution in [2.24, 2.45) is 0 Å². The number of nitrogens with zero attached hydrogens (tertiary/aromatic N) is 2. The molecule has 1 saturated heterocycles. The molecular weight excluding hydrogens is 378 g/mol. The standard InChI is InChI=1S/C24H27N3O3/c1-17-8-9-20(18(2)16-17)21-22(25-19-6-4-3-5-7-19)24(29)27(23(21)28)11-10-26-12-14-30-15-13-26/h3-9,16,25H,10-15H2,1-2H3. The molecule has 1 N–H and O–H groups in total. The van der Waals surface area contributed by atoms with Crippen molar-refractivity contribution in [2.45, 2.75) is 13.8 Å². The minimum absolute atomic E-state index is 0.237. The third kappa shape index (κ3) is 4.15. The number of rotatable bonds is 6. The summed E-state index contributed by atoms with van der Waals surface area (Å²) < 4.78 is 5.39. The van der Waals surface area contributed by atoms with E-state index in [1.54, 1.807) is 0 Å². The SMILES string of the molecule is Cc1ccc(C2=C(Nc3ccccc3)C(=O)N(CCN3CCOCC3)C2=O)c(C)c1. The van der Waals surface area contributed by atoms with Crippen LogP contribution in [0.1, 0.15) is 16.7 Å². The van der Waals surface area contributed by atoms with Crippen LogP contribution in [0, 0.1) is 13.8 Å². The van der Waals surface area contributed by atoms with E-state index in [9.17, 15) is 9.59 Å². The van der Waals surface area contributed by atoms with E-state index in [4.69, 9.17) is 4.74 Å². The Morgan fingerprint density at radius 3 is 2.37 bits per heavy atom. The van der Waals surface area contributed by atoms with Gasteiger partial charge in [-0.3, -0.25) is 19.4 Å². The summed E-state index contributed by atoms with van der Waals surface area (Å²) in [6, 6.07) is 15.4. The first kappa shape index (κ1) is 20.3. The molecule has 30 heavy (non-hydrogen) atoms. The van der Waals surface area contributed by atoms with Crippen molar-refractivity contribution in [3.8, 4) is 0 Å². The van der Waals surface area contributed by atoms with E-state index in [1.807, 2.05) is 62.4 Å². The van der Waals surface area contributed by atoms with Gasteiger partial charge in [-0.05, 0) is 37.1 Å². The second-order valence-electron chi connectivity index (χ2n) is 7.78. The summed E-state index contributed by atoms with van der Waals surface area (Å²) in [6.45, 7) is 8.04. The fourth-order valence-electron chi connectivity index (χ4n) is 3.97. The first-order chi connectivity index (χ1) is 14.5. The van der Waals surface area contributed by atoms with E-state index in [2.05, 4.69) is 10.2 Å². The van der Waals surface area contributed by atoms with Gasteiger partial charge in [0.15, 0.2) is 0 Å². The van der Waals surface area contributed by atoms with Gasteiger partial charge in [0.25, 0.3) is 11.8 Å². The molecule has 0 saturated carbocycles. The number of carbonyl (C=O) groups is 2. The van der Waals surface area contributed by atoms with Crippen LogP contribution in [-0.4, -0.2) is 61.0 Å². The summed E-state index contributed by atoms with van der Waals surface area (Å²) in [5.74, 6) is -0.509. The van der Waals surface area contributed by atoms with E-state index in [0.29, 0.717) is 37.6 Å². The number of hydrogen-bond acceptors (Lipinski definition) is 5. The van der Waals surface area contributed by atoms with Crippen LogP contribution in [0.5, 0.6) is 0 Å². The third-order valence-electron chi connectivity index (χ3n) is 5.61. The minimum Gasteiger partial charge on any atom is -0.379 e. The summed E-state index contributed by atoms with van der Waals surface area (Å²) in [5, 5.41) is 3.21. The van der Waals surface area contributed by atoms with Gasteiger partial charge in [0, 0.05) is 31.9 Å². The van der Waals surface area contributed by atoms with Crippen LogP contribution < -0.4 is 5.32 Å². The molecule has 0 spiro atoms. The van der Waals surface area contributed by atoms with E-state index in [-0.39, 0.29) is 11.8 Å². The molecule has 2 aliphatic rings. The second kappa shape index (κ2) is 8.81. The van der Waals surface area contributed by atoms with Gasteiger partial charge < -0.3 is 10.1 Å². The van der Waals surface area contributed by atoms with Crippen LogP contribution >= 0.6 is 0 Å². The highest BCUT2D eigenvalue weighted by Crippen LogP contribution is 2.32. The summed E-state index contributed by atoms with van der Waals surface area (Å²) >= 11 is 0. The van der Waals surface area contributed by atoms with Crippen molar-refractivity contribution in [3.05, 3.63) is 70.9 Å². The molecule has 6 heteroatoms. The van der Waals surface area contributed by atoms with Gasteiger partial charge in [-0.2, -0.15) is 0 Å². The lowest BCUT2D eigenvalue weighted by molar-refractivity contribution is -0.137. The molecule has 4 rings (SSSR count). The lowest BCUT2D eigenvalue weighted by Gasteiger charge is -2.28. The Morgan fingerprint density at radius 1 is 0.933 bits per heavy atom. The van der Waals surface area contributed by atoms with Crippen molar-refractivity contribution in [1.29, 1.82) is 0 Å². The van der Waals surface area contributed by atoms with Gasteiger partial charge in [-0.25, -0.2) is 0 Å². The maximum atomic E-state index is 13.4. The zero-order chi connectivity index (χ0) is 21.1. The van der Waals surface area contributed by atoms with Crippen LogP contribution in [-0.2, 0) is 14.3 Å². The van der Waals surface area contributed by atoms with E-state index in [0.717, 1.165) is 35.5 Å². The molecule has 2 heterocycles. The highest BCUT2D eigenvalue weighted by atomic mass is 16.5. The van der Waals surface area contributed by atoms with Crippen molar-refractivity contribution >= 4 is 23.1 Å². The maximum absolute atomic E-state index is 13.4. The molecule has 0 unspecified atom stereocenters. The minimum atomic E-state index is -0.271. The number of morpholine rings is 1. The predicted molar refractivity (Wildman–Crippen MR) is 117 cm³/mol. The molecule has 0 atom stereocenters. The first-order valence-electron chi connectivity index (χ1n) is 10.3. The number of carbonyl (C=O) groups excluding carboxylic acids is 2. The number of nitrogens with one attached hydrogen (secondary N) is 1. The molecule has 2 aromatic carbocycles. The third-order valence-corrected chi connectivity index (χ3v) is 5.61. The monoisotopic (exact) mass is 405 g/mol. The molecule has 2 aromatic rings. The van der Waals surface area contributed by atoms with E-state index in [1.165, 1.54) is 4.90 Å². The van der Waals surface area contributed by atoms with Crippen molar-refractivity contribution in [3.63, 3.8) is 0 Å². The predicted octanol–water partition coefficient (Wildman–Crippen LogP) is 2.83. The average molecular weight is 405 g/mol. The van der Waals surface area contributed by atoms with Gasteiger partial charge in [0.05, 0.1) is 18.8 Å². The largest absolute Gasteiger partial charge is 0.379 e. The van der Waals surface area contributed by atoms with Gasteiger partial charge in [0.2, 0.25) is 0 Å². The molecule has 1 fully saturated rings. The number of hydrogen-bond donors (Lipinski definition) is 1. The summed E-state index contributed by atoms with van der Waals surface area (Å²) in [5.41, 5.74) is 4.48. The summed E-state index contributed by atoms with van der Waals surface area (Å²) in [6.07, 6.45) is 0. The molecule has 2 amide bonds. The van der Waals surface area contributed by atoms with Crippen molar-refractivity contribution in [1.82, 2.24) is 9.80 Å². The van der Waals surface area contributed by atoms with Gasteiger partial charge in [0.1, 0.15) is 5.70 Å². The number of benzene rings is 2. The average Bonchev–Trinajstić information content (AvgIpc) is 2.98. The van der Waals surface area contributed by atoms with Crippen molar-refractivity contribution < 1.29 is 14.3 Å². The van der Waals surface area contributed by atoms with Gasteiger partial charge in [-0.1, -0.05) is 42.0 Å². The molecular formula is C24H27N3O3. The maximum Gasteiger partial charge on any atom is 0.278 e. The number of anilines is 1. The molecule has 0 radical (unpaired) electrons. The normalized spacial score (nSPS) is 17.7. The molecule has 156 valence electrons. The van der Waals surface area contributed by atoms with Crippen LogP contribution in [0.25, 0.3) is 5.57 Å². The Morgan fingerprint density at radius 2 is 1.67 bits per heavy atom. The van der Waals surface area contributed by atoms with Gasteiger partial charge >= 0.3 is 0 Å². The van der Waals surface area contributed by atoms with Crippen LogP contribution in [0.15, 0.2) is 54.2 Å². The summed E-state index contributed by atoms with van der Waals surface area (Å²) in [4.78, 5) is 30.3. The highest BCUT2D eigenvalue weighted by Gasteiger charge is 2.39. The fourth-order valence-corrected chi connectivity index (χ4v) is 3.97. The van der Waals surface area contributed by atoms with Crippen molar-refractivity contribution in [2.75, 3.05) is 44.7 Å². The number of amides is 2. The Bertz CT molecular complexity index is 978. The molecule has 2 aliphatic heterocycles. The molecule has 6 nitrogen and oxygen atoms in total. The highest BCUT2D eigenvalue weighted by molar-refractivity contribution is 6.36. The second-order valence-corrected chi connectivity index (χ2v) is 7.78. The van der Waals surface area contributed by atoms with E-state index >= 15 is 0 Å². The lowest BCUT2D eigenvalue weighted by atomic mass is 9.97. The first-order valence-corrected chi connectivity index (χ1v) is 10.3. The quantitative estimate of drug-likeness (QED) is 0.749. The smallest absolute Gasteiger partial charge is 0.278 e. The number of ether oxygens (including phenoxy) is 1. The van der Waals surface area contributed by atoms with Crippen LogP contribution in [0.4, 0.5) is 5.69 Å². The number of imide groups is 1. The summed E-state index contributed by atoms with van der Waals surface area (Å²) in [7, 11) is 0. The molecule has 0 aliphatic carbocycles. The Labute approximate surface area is 177 Å². The molecule has 0 aromatic heterocycles. The zero-order valence-corrected chi connectivity index (χ0v) is 17.5. The number of para-hydroxylation sites is 1. The Kier molecular flexibility index (Phi) is 5.97. The lowest BCUT2D eigenvalue weighted by Crippen LogP contribution is -2.43. The zero-order valence-electron chi connectivity index (χ0n) is 17.5. The van der Waals surface area contributed by atoms with Gasteiger partial charge in [-0.15, -0.1) is 0 Å². The fraction of sp³-hybridized carbons (Fsp3) is 0.333. The van der Waals surface area contributed by atoms with Crippen LogP contribution in [0.2, 0.25) is 0 Å². The Balaban J connectivity index is 1.65. The topological polar surface area (TPSA) is 61.9 Å². The van der Waals surface area contributed by atoms with Crippen LogP contribution in [0.3, 0.4) is 0 Å². The molecule has 0 bridgehead atoms. The number of aryl methyl sites for hydroxylation is 2.